The van der Waals surface area contributed by atoms with Crippen LogP contribution < -0.4 is 0 Å². The van der Waals surface area contributed by atoms with Gasteiger partial charge in [-0.05, 0) is 30.5 Å². The topological polar surface area (TPSA) is 40.5 Å². The molecule has 0 heterocycles. The van der Waals surface area contributed by atoms with Crippen LogP contribution in [0.15, 0.2) is 61.2 Å². The van der Waals surface area contributed by atoms with Crippen molar-refractivity contribution in [1.29, 1.82) is 0 Å². The van der Waals surface area contributed by atoms with Crippen molar-refractivity contribution in [3.8, 4) is 11.5 Å². The molecule has 1 rings (SSSR count). The van der Waals surface area contributed by atoms with E-state index < -0.39 is 0 Å². The van der Waals surface area contributed by atoms with Gasteiger partial charge in [-0.2, -0.15) is 0 Å². The van der Waals surface area contributed by atoms with E-state index in [1.54, 1.807) is 30.4 Å². The van der Waals surface area contributed by atoms with Gasteiger partial charge in [-0.1, -0.05) is 107 Å². The molecule has 0 radical (unpaired) electrons. The smallest absolute Gasteiger partial charge is 0.127 e. The maximum atomic E-state index is 10.1. The van der Waals surface area contributed by atoms with Crippen molar-refractivity contribution < 1.29 is 10.2 Å². The maximum absolute atomic E-state index is 10.1. The highest BCUT2D eigenvalue weighted by atomic mass is 16.3. The number of unbranched alkanes of at least 4 members (excludes halogenated alkanes) is 9. The molecule has 2 nitrogen and oxygen atoms in total. The molecule has 0 aliphatic heterocycles. The number of hydrogen-bond acceptors (Lipinski definition) is 2. The van der Waals surface area contributed by atoms with Gasteiger partial charge in [0, 0.05) is 0 Å². The lowest BCUT2D eigenvalue weighted by atomic mass is 10.0. The van der Waals surface area contributed by atoms with Crippen LogP contribution in [0.3, 0.4) is 0 Å². The van der Waals surface area contributed by atoms with E-state index in [1.807, 2.05) is 18.2 Å². The first-order valence-corrected chi connectivity index (χ1v) is 10.4. The quantitative estimate of drug-likeness (QED) is 0.261. The van der Waals surface area contributed by atoms with E-state index in [9.17, 15) is 10.2 Å². The van der Waals surface area contributed by atoms with E-state index in [0.717, 1.165) is 12.0 Å². The fraction of sp³-hybridized carbons (Fsp3) is 0.440. The largest absolute Gasteiger partial charge is 0.507 e. The number of aromatic hydroxyl groups is 2. The average Bonchev–Trinajstić information content (AvgIpc) is 2.66. The van der Waals surface area contributed by atoms with Crippen LogP contribution >= 0.6 is 0 Å². The molecule has 0 aromatic heterocycles. The summed E-state index contributed by atoms with van der Waals surface area (Å²) in [6.45, 7) is 5.94. The molecule has 27 heavy (non-hydrogen) atoms. The lowest BCUT2D eigenvalue weighted by Gasteiger charge is -2.07. The molecular formula is C25H36O2. The molecule has 2 heteroatoms. The van der Waals surface area contributed by atoms with Gasteiger partial charge in [-0.25, -0.2) is 0 Å². The van der Waals surface area contributed by atoms with Gasteiger partial charge in [0.25, 0.3) is 0 Å². The van der Waals surface area contributed by atoms with Crippen molar-refractivity contribution in [2.45, 2.75) is 71.1 Å². The molecular weight excluding hydrogens is 332 g/mol. The van der Waals surface area contributed by atoms with Gasteiger partial charge < -0.3 is 10.2 Å². The zero-order valence-corrected chi connectivity index (χ0v) is 16.9. The van der Waals surface area contributed by atoms with Crippen LogP contribution in [0.2, 0.25) is 0 Å². The Balaban J connectivity index is 2.42. The van der Waals surface area contributed by atoms with E-state index in [0.29, 0.717) is 5.56 Å². The highest BCUT2D eigenvalue weighted by Gasteiger charge is 2.09. The summed E-state index contributed by atoms with van der Waals surface area (Å²) in [6.07, 6.45) is 24.5. The summed E-state index contributed by atoms with van der Waals surface area (Å²) in [5, 5.41) is 20.1. The molecule has 0 fully saturated rings. The fourth-order valence-electron chi connectivity index (χ4n) is 3.06. The molecule has 0 bridgehead atoms. The maximum Gasteiger partial charge on any atom is 0.127 e. The summed E-state index contributed by atoms with van der Waals surface area (Å²) in [4.78, 5) is 0. The molecule has 1 aromatic carbocycles. The van der Waals surface area contributed by atoms with Gasteiger partial charge in [0.2, 0.25) is 0 Å². The van der Waals surface area contributed by atoms with Gasteiger partial charge in [-0.3, -0.25) is 0 Å². The van der Waals surface area contributed by atoms with E-state index in [1.165, 1.54) is 57.8 Å². The standard InChI is InChI=1S/C25H36O2/c1-3-5-7-8-9-10-11-12-13-14-15-16-19-22(18-6-4-2)25-23(26)20-17-21-24(25)27/h4,6,15-21,26-27H,2-3,5,7-14H2,1H3. The summed E-state index contributed by atoms with van der Waals surface area (Å²) in [5.74, 6) is 0.143. The first kappa shape index (κ1) is 22.8. The van der Waals surface area contributed by atoms with E-state index in [2.05, 4.69) is 19.6 Å². The number of phenols is 2. The predicted octanol–water partition coefficient (Wildman–Crippen LogP) is 7.70. The van der Waals surface area contributed by atoms with Gasteiger partial charge in [0.05, 0.1) is 5.56 Å². The molecule has 0 saturated carbocycles. The Bertz CT molecular complexity index is 603. The van der Waals surface area contributed by atoms with Crippen LogP contribution in [0.25, 0.3) is 5.57 Å². The van der Waals surface area contributed by atoms with E-state index in [-0.39, 0.29) is 11.5 Å². The van der Waals surface area contributed by atoms with Crippen LogP contribution in [-0.2, 0) is 0 Å². The highest BCUT2D eigenvalue weighted by Crippen LogP contribution is 2.34. The first-order valence-electron chi connectivity index (χ1n) is 10.4. The Morgan fingerprint density at radius 1 is 0.889 bits per heavy atom. The average molecular weight is 369 g/mol. The molecule has 1 aromatic rings. The summed E-state index contributed by atoms with van der Waals surface area (Å²) < 4.78 is 0. The first-order chi connectivity index (χ1) is 13.2. The molecule has 148 valence electrons. The second-order valence-electron chi connectivity index (χ2n) is 6.93. The van der Waals surface area contributed by atoms with Crippen LogP contribution in [0, 0.1) is 0 Å². The number of phenolic OH excluding ortho intramolecular Hbond substituents is 2. The molecule has 0 amide bonds. The Morgan fingerprint density at radius 3 is 2.07 bits per heavy atom. The number of rotatable bonds is 14. The van der Waals surface area contributed by atoms with Crippen molar-refractivity contribution in [3.05, 3.63) is 66.8 Å². The SMILES string of the molecule is C=CC=CC(=CC=CCCCCCCCCCCC)c1c(O)cccc1O. The Morgan fingerprint density at radius 2 is 1.48 bits per heavy atom. The monoisotopic (exact) mass is 368 g/mol. The van der Waals surface area contributed by atoms with Gasteiger partial charge in [0.1, 0.15) is 11.5 Å². The van der Waals surface area contributed by atoms with Crippen molar-refractivity contribution in [2.75, 3.05) is 0 Å². The minimum atomic E-state index is 0.0716. The minimum absolute atomic E-state index is 0.0716. The van der Waals surface area contributed by atoms with Gasteiger partial charge >= 0.3 is 0 Å². The minimum Gasteiger partial charge on any atom is -0.507 e. The van der Waals surface area contributed by atoms with Crippen molar-refractivity contribution in [3.63, 3.8) is 0 Å². The van der Waals surface area contributed by atoms with Crippen molar-refractivity contribution in [2.24, 2.45) is 0 Å². The molecule has 0 aliphatic rings. The lowest BCUT2D eigenvalue weighted by Crippen LogP contribution is -1.84. The third kappa shape index (κ3) is 9.89. The van der Waals surface area contributed by atoms with E-state index >= 15 is 0 Å². The van der Waals surface area contributed by atoms with Gasteiger partial charge in [-0.15, -0.1) is 0 Å². The molecule has 0 atom stereocenters. The Labute approximate surface area is 165 Å². The zero-order valence-electron chi connectivity index (χ0n) is 16.9. The summed E-state index contributed by atoms with van der Waals surface area (Å²) in [7, 11) is 0. The third-order valence-electron chi connectivity index (χ3n) is 4.61. The Kier molecular flexibility index (Phi) is 12.6. The van der Waals surface area contributed by atoms with Crippen LogP contribution in [-0.4, -0.2) is 10.2 Å². The third-order valence-corrected chi connectivity index (χ3v) is 4.61. The summed E-state index contributed by atoms with van der Waals surface area (Å²) in [5.41, 5.74) is 1.21. The van der Waals surface area contributed by atoms with Crippen LogP contribution in [0.4, 0.5) is 0 Å². The molecule has 0 aliphatic carbocycles. The Hall–Kier alpha value is -2.22. The molecule has 0 unspecified atom stereocenters. The normalized spacial score (nSPS) is 12.3. The zero-order chi connectivity index (χ0) is 19.7. The number of benzene rings is 1. The second-order valence-corrected chi connectivity index (χ2v) is 6.93. The van der Waals surface area contributed by atoms with Gasteiger partial charge in [0.15, 0.2) is 0 Å². The molecule has 2 N–H and O–H groups in total. The number of allylic oxidation sites excluding steroid dienone is 7. The second kappa shape index (κ2) is 14.9. The lowest BCUT2D eigenvalue weighted by molar-refractivity contribution is 0.448. The van der Waals surface area contributed by atoms with Crippen LogP contribution in [0.5, 0.6) is 11.5 Å². The fourth-order valence-corrected chi connectivity index (χ4v) is 3.06. The van der Waals surface area contributed by atoms with Crippen molar-refractivity contribution >= 4 is 5.57 Å². The molecule has 0 saturated heterocycles. The number of hydrogen-bond donors (Lipinski definition) is 2. The highest BCUT2D eigenvalue weighted by molar-refractivity contribution is 5.82. The van der Waals surface area contributed by atoms with Crippen LogP contribution in [0.1, 0.15) is 76.7 Å². The summed E-state index contributed by atoms with van der Waals surface area (Å²) >= 11 is 0. The summed E-state index contributed by atoms with van der Waals surface area (Å²) in [6, 6.07) is 4.79. The van der Waals surface area contributed by atoms with Crippen molar-refractivity contribution in [1.82, 2.24) is 0 Å². The van der Waals surface area contributed by atoms with E-state index in [4.69, 9.17) is 0 Å². The molecule has 0 spiro atoms. The predicted molar refractivity (Wildman–Crippen MR) is 118 cm³/mol.